The van der Waals surface area contributed by atoms with E-state index in [1.165, 1.54) is 0 Å². The first kappa shape index (κ1) is 17.2. The number of carbonyl (C=O) groups is 1. The molecule has 0 aliphatic rings. The van der Waals surface area contributed by atoms with E-state index < -0.39 is 0 Å². The van der Waals surface area contributed by atoms with Gasteiger partial charge >= 0.3 is 0 Å². The second-order valence-electron chi connectivity index (χ2n) is 5.94. The molecule has 0 unspecified atom stereocenters. The Hall–Kier alpha value is -2.66. The van der Waals surface area contributed by atoms with Gasteiger partial charge in [-0.15, -0.1) is 11.3 Å². The van der Waals surface area contributed by atoms with Gasteiger partial charge in [0.2, 0.25) is 5.91 Å². The summed E-state index contributed by atoms with van der Waals surface area (Å²) >= 11 is 1.62. The lowest BCUT2D eigenvalue weighted by atomic mass is 10.2. The molecule has 0 aliphatic heterocycles. The van der Waals surface area contributed by atoms with E-state index in [2.05, 4.69) is 5.10 Å². The van der Waals surface area contributed by atoms with Gasteiger partial charge in [-0.2, -0.15) is 5.10 Å². The van der Waals surface area contributed by atoms with Gasteiger partial charge < -0.3 is 4.90 Å². The maximum Gasteiger partial charge on any atom is 0.246 e. The Labute approximate surface area is 152 Å². The van der Waals surface area contributed by atoms with Crippen LogP contribution in [0.1, 0.15) is 21.8 Å². The van der Waals surface area contributed by atoms with Crippen LogP contribution >= 0.6 is 11.3 Å². The van der Waals surface area contributed by atoms with Crippen molar-refractivity contribution in [3.8, 4) is 5.69 Å². The third-order valence-corrected chi connectivity index (χ3v) is 4.98. The Kier molecular flexibility index (Phi) is 5.14. The van der Waals surface area contributed by atoms with Gasteiger partial charge in [-0.05, 0) is 43.5 Å². The molecular weight excluding hydrogens is 330 g/mol. The number of amides is 1. The monoisotopic (exact) mass is 351 g/mol. The minimum atomic E-state index is -0.0142. The quantitative estimate of drug-likeness (QED) is 0.646. The van der Waals surface area contributed by atoms with Crippen molar-refractivity contribution in [1.29, 1.82) is 0 Å². The number of hydrogen-bond donors (Lipinski definition) is 0. The molecule has 0 aliphatic carbocycles. The second-order valence-corrected chi connectivity index (χ2v) is 6.92. The van der Waals surface area contributed by atoms with Crippen molar-refractivity contribution in [3.05, 3.63) is 75.7 Å². The first-order valence-corrected chi connectivity index (χ1v) is 9.01. The number of thiophene rings is 1. The summed E-state index contributed by atoms with van der Waals surface area (Å²) in [6, 6.07) is 14.0. The molecule has 2 heterocycles. The van der Waals surface area contributed by atoms with E-state index in [1.54, 1.807) is 22.3 Å². The summed E-state index contributed by atoms with van der Waals surface area (Å²) in [5.74, 6) is -0.0142. The SMILES string of the molecule is Cc1nn(-c2ccccc2)c(C)c1CN(C)C(=O)/C=C/c1cccs1. The van der Waals surface area contributed by atoms with E-state index >= 15 is 0 Å². The molecule has 1 amide bonds. The van der Waals surface area contributed by atoms with Gasteiger partial charge in [0.15, 0.2) is 0 Å². The highest BCUT2D eigenvalue weighted by Gasteiger charge is 2.16. The van der Waals surface area contributed by atoms with Crippen molar-refractivity contribution in [1.82, 2.24) is 14.7 Å². The molecule has 1 aromatic carbocycles. The lowest BCUT2D eigenvalue weighted by Crippen LogP contribution is -2.24. The predicted molar refractivity (Wildman–Crippen MR) is 103 cm³/mol. The number of nitrogens with zero attached hydrogens (tertiary/aromatic N) is 3. The Morgan fingerprint density at radius 3 is 2.64 bits per heavy atom. The van der Waals surface area contributed by atoms with Gasteiger partial charge in [0.05, 0.1) is 11.4 Å². The van der Waals surface area contributed by atoms with Crippen molar-refractivity contribution in [2.24, 2.45) is 0 Å². The Morgan fingerprint density at radius 2 is 1.96 bits per heavy atom. The van der Waals surface area contributed by atoms with Crippen LogP contribution < -0.4 is 0 Å². The fraction of sp³-hybridized carbons (Fsp3) is 0.200. The molecule has 0 atom stereocenters. The fourth-order valence-electron chi connectivity index (χ4n) is 2.71. The number of likely N-dealkylation sites (N-methyl/N-ethyl adjacent to an activating group) is 1. The number of benzene rings is 1. The van der Waals surface area contributed by atoms with Crippen LogP contribution in [0, 0.1) is 13.8 Å². The molecule has 4 nitrogen and oxygen atoms in total. The maximum atomic E-state index is 12.4. The first-order chi connectivity index (χ1) is 12.1. The molecule has 0 spiro atoms. The van der Waals surface area contributed by atoms with E-state index in [9.17, 15) is 4.79 Å². The molecule has 3 rings (SSSR count). The molecule has 5 heteroatoms. The van der Waals surface area contributed by atoms with Crippen LogP contribution in [0.2, 0.25) is 0 Å². The highest BCUT2D eigenvalue weighted by molar-refractivity contribution is 7.10. The highest BCUT2D eigenvalue weighted by Crippen LogP contribution is 2.19. The van der Waals surface area contributed by atoms with Crippen LogP contribution in [0.15, 0.2) is 53.9 Å². The van der Waals surface area contributed by atoms with Crippen LogP contribution in [0.25, 0.3) is 11.8 Å². The minimum absolute atomic E-state index is 0.0142. The molecule has 0 fully saturated rings. The zero-order valence-corrected chi connectivity index (χ0v) is 15.5. The molecule has 25 heavy (non-hydrogen) atoms. The topological polar surface area (TPSA) is 38.1 Å². The summed E-state index contributed by atoms with van der Waals surface area (Å²) in [6.07, 6.45) is 3.48. The summed E-state index contributed by atoms with van der Waals surface area (Å²) in [5, 5.41) is 6.64. The predicted octanol–water partition coefficient (Wildman–Crippen LogP) is 4.22. The van der Waals surface area contributed by atoms with Gasteiger partial charge in [-0.3, -0.25) is 4.79 Å². The van der Waals surface area contributed by atoms with Gasteiger partial charge in [0.25, 0.3) is 0 Å². The number of aromatic nitrogens is 2. The van der Waals surface area contributed by atoms with Gasteiger partial charge in [-0.1, -0.05) is 24.3 Å². The van der Waals surface area contributed by atoms with Gasteiger partial charge in [0.1, 0.15) is 0 Å². The number of aryl methyl sites for hydroxylation is 1. The van der Waals surface area contributed by atoms with E-state index in [1.807, 2.05) is 79.5 Å². The normalized spacial score (nSPS) is 11.2. The molecule has 128 valence electrons. The van der Waals surface area contributed by atoms with Crippen LogP contribution in [-0.4, -0.2) is 27.6 Å². The van der Waals surface area contributed by atoms with E-state index in [0.717, 1.165) is 27.5 Å². The summed E-state index contributed by atoms with van der Waals surface area (Å²) in [6.45, 7) is 4.57. The average molecular weight is 351 g/mol. The number of hydrogen-bond acceptors (Lipinski definition) is 3. The van der Waals surface area contributed by atoms with Crippen LogP contribution in [0.3, 0.4) is 0 Å². The van der Waals surface area contributed by atoms with Crippen LogP contribution in [-0.2, 0) is 11.3 Å². The molecule has 0 saturated carbocycles. The summed E-state index contributed by atoms with van der Waals surface area (Å²) < 4.78 is 1.93. The third-order valence-electron chi connectivity index (χ3n) is 4.15. The van der Waals surface area contributed by atoms with E-state index in [-0.39, 0.29) is 5.91 Å². The lowest BCUT2D eigenvalue weighted by Gasteiger charge is -2.15. The van der Waals surface area contributed by atoms with Crippen molar-refractivity contribution in [2.45, 2.75) is 20.4 Å². The Balaban J connectivity index is 1.76. The first-order valence-electron chi connectivity index (χ1n) is 8.13. The number of para-hydroxylation sites is 1. The molecule has 0 radical (unpaired) electrons. The highest BCUT2D eigenvalue weighted by atomic mass is 32.1. The molecular formula is C20H21N3OS. The van der Waals surface area contributed by atoms with Crippen molar-refractivity contribution < 1.29 is 4.79 Å². The third kappa shape index (κ3) is 3.88. The zero-order valence-electron chi connectivity index (χ0n) is 14.6. The zero-order chi connectivity index (χ0) is 17.8. The van der Waals surface area contributed by atoms with E-state index in [4.69, 9.17) is 0 Å². The lowest BCUT2D eigenvalue weighted by molar-refractivity contribution is -0.125. The summed E-state index contributed by atoms with van der Waals surface area (Å²) in [5.41, 5.74) is 4.12. The van der Waals surface area contributed by atoms with Crippen molar-refractivity contribution >= 4 is 23.3 Å². The molecule has 0 N–H and O–H groups in total. The summed E-state index contributed by atoms with van der Waals surface area (Å²) in [7, 11) is 1.82. The standard InChI is InChI=1S/C20H21N3OS/c1-15-19(16(2)23(21-15)17-8-5-4-6-9-17)14-22(3)20(24)12-11-18-10-7-13-25-18/h4-13H,14H2,1-3H3/b12-11+. The molecule has 2 aromatic heterocycles. The van der Waals surface area contributed by atoms with Crippen molar-refractivity contribution in [2.75, 3.05) is 7.05 Å². The van der Waals surface area contributed by atoms with Gasteiger partial charge in [0, 0.05) is 35.8 Å². The number of carbonyl (C=O) groups excluding carboxylic acids is 1. The molecule has 0 bridgehead atoms. The van der Waals surface area contributed by atoms with Gasteiger partial charge in [-0.25, -0.2) is 4.68 Å². The van der Waals surface area contributed by atoms with E-state index in [0.29, 0.717) is 6.54 Å². The maximum absolute atomic E-state index is 12.4. The smallest absolute Gasteiger partial charge is 0.246 e. The largest absolute Gasteiger partial charge is 0.338 e. The number of rotatable bonds is 5. The Morgan fingerprint density at radius 1 is 1.20 bits per heavy atom. The summed E-state index contributed by atoms with van der Waals surface area (Å²) in [4.78, 5) is 15.2. The van der Waals surface area contributed by atoms with Crippen LogP contribution in [0.4, 0.5) is 0 Å². The minimum Gasteiger partial charge on any atom is -0.338 e. The average Bonchev–Trinajstić information content (AvgIpc) is 3.24. The Bertz CT molecular complexity index is 879. The molecule has 3 aromatic rings. The second kappa shape index (κ2) is 7.49. The van der Waals surface area contributed by atoms with Crippen molar-refractivity contribution in [3.63, 3.8) is 0 Å². The fourth-order valence-corrected chi connectivity index (χ4v) is 3.32. The molecule has 0 saturated heterocycles. The van der Waals surface area contributed by atoms with Crippen LogP contribution in [0.5, 0.6) is 0 Å².